The lowest BCUT2D eigenvalue weighted by atomic mass is 10.1. The van der Waals surface area contributed by atoms with Crippen LogP contribution in [0.2, 0.25) is 5.02 Å². The summed E-state index contributed by atoms with van der Waals surface area (Å²) in [6, 6.07) is 3.41. The number of nitrogens with two attached hydrogens (primary N) is 1. The quantitative estimate of drug-likeness (QED) is 0.607. The molecule has 0 spiro atoms. The van der Waals surface area contributed by atoms with Gasteiger partial charge in [0.05, 0.1) is 10.7 Å². The van der Waals surface area contributed by atoms with Gasteiger partial charge in [0.1, 0.15) is 11.2 Å². The van der Waals surface area contributed by atoms with E-state index in [1.54, 1.807) is 32.9 Å². The van der Waals surface area contributed by atoms with Crippen molar-refractivity contribution in [2.45, 2.75) is 33.3 Å². The first-order chi connectivity index (χ1) is 7.22. The molecule has 0 saturated carbocycles. The predicted molar refractivity (Wildman–Crippen MR) is 65.8 cm³/mol. The van der Waals surface area contributed by atoms with Gasteiger partial charge < -0.3 is 10.5 Å². The van der Waals surface area contributed by atoms with Crippen LogP contribution in [-0.2, 0) is 4.74 Å². The number of ether oxygens (including phenoxy) is 1. The van der Waals surface area contributed by atoms with Crippen molar-refractivity contribution in [3.63, 3.8) is 0 Å². The molecule has 0 atom stereocenters. The number of carbonyl (C=O) groups is 1. The molecule has 16 heavy (non-hydrogen) atoms. The molecule has 0 bridgehead atoms. The molecular weight excluding hydrogens is 226 g/mol. The molecule has 0 aliphatic heterocycles. The number of benzene rings is 1. The number of rotatable bonds is 1. The van der Waals surface area contributed by atoms with E-state index in [2.05, 4.69) is 0 Å². The Morgan fingerprint density at radius 2 is 1.94 bits per heavy atom. The van der Waals surface area contributed by atoms with Gasteiger partial charge in [-0.3, -0.25) is 0 Å². The third-order valence-electron chi connectivity index (χ3n) is 2.02. The van der Waals surface area contributed by atoms with Crippen molar-refractivity contribution < 1.29 is 9.53 Å². The number of hydrogen-bond donors (Lipinski definition) is 1. The van der Waals surface area contributed by atoms with Crippen molar-refractivity contribution in [1.29, 1.82) is 0 Å². The highest BCUT2D eigenvalue weighted by Gasteiger charge is 2.22. The van der Waals surface area contributed by atoms with Crippen LogP contribution < -0.4 is 5.73 Å². The highest BCUT2D eigenvalue weighted by atomic mass is 35.5. The van der Waals surface area contributed by atoms with Gasteiger partial charge in [-0.15, -0.1) is 0 Å². The summed E-state index contributed by atoms with van der Waals surface area (Å²) in [5.74, 6) is -0.487. The Kier molecular flexibility index (Phi) is 3.48. The summed E-state index contributed by atoms with van der Waals surface area (Å²) in [6.45, 7) is 7.21. The van der Waals surface area contributed by atoms with Crippen LogP contribution >= 0.6 is 11.6 Å². The molecule has 0 aliphatic rings. The highest BCUT2D eigenvalue weighted by molar-refractivity contribution is 6.34. The molecular formula is C12H16ClNO2. The average Bonchev–Trinajstić information content (AvgIpc) is 2.09. The van der Waals surface area contributed by atoms with E-state index in [0.717, 1.165) is 5.56 Å². The molecule has 0 heterocycles. The normalized spacial score (nSPS) is 11.3. The number of nitrogen functional groups attached to an aromatic ring is 1. The summed E-state index contributed by atoms with van der Waals surface area (Å²) in [5, 5.41) is 0.317. The molecule has 0 aliphatic carbocycles. The van der Waals surface area contributed by atoms with E-state index in [4.69, 9.17) is 22.1 Å². The van der Waals surface area contributed by atoms with E-state index >= 15 is 0 Å². The summed E-state index contributed by atoms with van der Waals surface area (Å²) in [7, 11) is 0. The predicted octanol–water partition coefficient (Wildman–Crippen LogP) is 3.19. The Morgan fingerprint density at radius 3 is 2.44 bits per heavy atom. The fourth-order valence-corrected chi connectivity index (χ4v) is 1.48. The Bertz CT molecular complexity index is 422. The molecule has 3 nitrogen and oxygen atoms in total. The number of esters is 1. The standard InChI is InChI=1S/C12H16ClNO2/c1-7-5-6-8(13)9(10(7)14)11(15)16-12(2,3)4/h5-6H,14H2,1-4H3. The lowest BCUT2D eigenvalue weighted by Gasteiger charge is -2.20. The number of halogens is 1. The lowest BCUT2D eigenvalue weighted by Crippen LogP contribution is -2.24. The van der Waals surface area contributed by atoms with Gasteiger partial charge in [0, 0.05) is 0 Å². The monoisotopic (exact) mass is 241 g/mol. The summed E-state index contributed by atoms with van der Waals surface area (Å²) in [5.41, 5.74) is 6.69. The van der Waals surface area contributed by atoms with Crippen LogP contribution in [0.15, 0.2) is 12.1 Å². The maximum atomic E-state index is 11.9. The largest absolute Gasteiger partial charge is 0.456 e. The van der Waals surface area contributed by atoms with Gasteiger partial charge in [0.15, 0.2) is 0 Å². The van der Waals surface area contributed by atoms with Crippen molar-refractivity contribution in [2.75, 3.05) is 5.73 Å². The van der Waals surface area contributed by atoms with E-state index in [1.807, 2.05) is 6.92 Å². The Morgan fingerprint density at radius 1 is 1.38 bits per heavy atom. The third-order valence-corrected chi connectivity index (χ3v) is 2.33. The molecule has 0 unspecified atom stereocenters. The van der Waals surface area contributed by atoms with Crippen LogP contribution in [0.1, 0.15) is 36.7 Å². The maximum Gasteiger partial charge on any atom is 0.342 e. The molecule has 0 saturated heterocycles. The minimum Gasteiger partial charge on any atom is -0.456 e. The van der Waals surface area contributed by atoms with Crippen LogP contribution in [-0.4, -0.2) is 11.6 Å². The summed E-state index contributed by atoms with van der Waals surface area (Å²) in [4.78, 5) is 11.9. The molecule has 2 N–H and O–H groups in total. The van der Waals surface area contributed by atoms with E-state index < -0.39 is 11.6 Å². The second-order valence-electron chi connectivity index (χ2n) is 4.65. The Hall–Kier alpha value is -1.22. The third kappa shape index (κ3) is 2.89. The zero-order valence-electron chi connectivity index (χ0n) is 9.93. The zero-order chi connectivity index (χ0) is 12.5. The molecule has 0 radical (unpaired) electrons. The summed E-state index contributed by atoms with van der Waals surface area (Å²) >= 11 is 5.94. The van der Waals surface area contributed by atoms with Crippen LogP contribution in [0.25, 0.3) is 0 Å². The van der Waals surface area contributed by atoms with Gasteiger partial charge >= 0.3 is 5.97 Å². The zero-order valence-corrected chi connectivity index (χ0v) is 10.7. The highest BCUT2D eigenvalue weighted by Crippen LogP contribution is 2.27. The average molecular weight is 242 g/mol. The lowest BCUT2D eigenvalue weighted by molar-refractivity contribution is 0.00709. The van der Waals surface area contributed by atoms with Gasteiger partial charge in [-0.25, -0.2) is 4.79 Å². The Balaban J connectivity index is 3.14. The number of anilines is 1. The first kappa shape index (κ1) is 12.8. The summed E-state index contributed by atoms with van der Waals surface area (Å²) < 4.78 is 5.24. The molecule has 88 valence electrons. The number of aryl methyl sites for hydroxylation is 1. The van der Waals surface area contributed by atoms with E-state index in [9.17, 15) is 4.79 Å². The van der Waals surface area contributed by atoms with Crippen LogP contribution in [0.3, 0.4) is 0 Å². The van der Waals surface area contributed by atoms with Crippen molar-refractivity contribution >= 4 is 23.3 Å². The molecule has 4 heteroatoms. The van der Waals surface area contributed by atoms with Crippen molar-refractivity contribution in [2.24, 2.45) is 0 Å². The number of hydrogen-bond acceptors (Lipinski definition) is 3. The van der Waals surface area contributed by atoms with E-state index in [1.165, 1.54) is 0 Å². The SMILES string of the molecule is Cc1ccc(Cl)c(C(=O)OC(C)(C)C)c1N. The fraction of sp³-hybridized carbons (Fsp3) is 0.417. The van der Waals surface area contributed by atoms with Crippen LogP contribution in [0, 0.1) is 6.92 Å². The fourth-order valence-electron chi connectivity index (χ4n) is 1.23. The molecule has 1 aromatic carbocycles. The van der Waals surface area contributed by atoms with E-state index in [0.29, 0.717) is 10.7 Å². The van der Waals surface area contributed by atoms with Gasteiger partial charge in [-0.2, -0.15) is 0 Å². The van der Waals surface area contributed by atoms with Gasteiger partial charge in [0.25, 0.3) is 0 Å². The molecule has 1 aromatic rings. The van der Waals surface area contributed by atoms with Crippen LogP contribution in [0.5, 0.6) is 0 Å². The van der Waals surface area contributed by atoms with Gasteiger partial charge in [0.2, 0.25) is 0 Å². The molecule has 0 aromatic heterocycles. The second kappa shape index (κ2) is 4.34. The van der Waals surface area contributed by atoms with Crippen molar-refractivity contribution in [3.05, 3.63) is 28.3 Å². The van der Waals surface area contributed by atoms with Gasteiger partial charge in [-0.1, -0.05) is 17.7 Å². The molecule has 0 fully saturated rings. The number of carbonyl (C=O) groups excluding carboxylic acids is 1. The van der Waals surface area contributed by atoms with Gasteiger partial charge in [-0.05, 0) is 39.3 Å². The van der Waals surface area contributed by atoms with E-state index in [-0.39, 0.29) is 5.56 Å². The van der Waals surface area contributed by atoms with Crippen LogP contribution in [0.4, 0.5) is 5.69 Å². The second-order valence-corrected chi connectivity index (χ2v) is 5.06. The topological polar surface area (TPSA) is 52.3 Å². The van der Waals surface area contributed by atoms with Crippen molar-refractivity contribution in [3.8, 4) is 0 Å². The summed E-state index contributed by atoms with van der Waals surface area (Å²) in [6.07, 6.45) is 0. The minimum atomic E-state index is -0.559. The smallest absolute Gasteiger partial charge is 0.342 e. The minimum absolute atomic E-state index is 0.247. The first-order valence-electron chi connectivity index (χ1n) is 5.00. The molecule has 1 rings (SSSR count). The van der Waals surface area contributed by atoms with Crippen molar-refractivity contribution in [1.82, 2.24) is 0 Å². The first-order valence-corrected chi connectivity index (χ1v) is 5.38. The molecule has 0 amide bonds. The maximum absolute atomic E-state index is 11.9. The Labute approximate surface area is 101 Å².